The third-order valence-corrected chi connectivity index (χ3v) is 4.24. The van der Waals surface area contributed by atoms with E-state index in [2.05, 4.69) is 18.8 Å². The van der Waals surface area contributed by atoms with Crippen molar-refractivity contribution in [3.05, 3.63) is 58.4 Å². The second-order valence-corrected chi connectivity index (χ2v) is 6.37. The first-order valence-electron chi connectivity index (χ1n) is 7.51. The minimum Gasteiger partial charge on any atom is -0.289 e. The number of imidazole rings is 1. The van der Waals surface area contributed by atoms with Crippen LogP contribution in [0.2, 0.25) is 5.02 Å². The van der Waals surface area contributed by atoms with Crippen molar-refractivity contribution >= 4 is 17.2 Å². The van der Waals surface area contributed by atoms with Crippen LogP contribution in [0.4, 0.5) is 13.2 Å². The Morgan fingerprint density at radius 2 is 1.84 bits per heavy atom. The monoisotopic (exact) mass is 363 g/mol. The molecule has 3 aromatic rings. The SMILES string of the molecule is CC(C)c1ccc(-c2nc3c(Cl)cc(C(F)(F)F)cn3c2C#N)cc1. The highest BCUT2D eigenvalue weighted by molar-refractivity contribution is 6.33. The van der Waals surface area contributed by atoms with Crippen molar-refractivity contribution < 1.29 is 13.2 Å². The van der Waals surface area contributed by atoms with Gasteiger partial charge in [-0.2, -0.15) is 18.4 Å². The Kier molecular flexibility index (Phi) is 4.21. The Morgan fingerprint density at radius 3 is 2.36 bits per heavy atom. The zero-order valence-electron chi connectivity index (χ0n) is 13.4. The van der Waals surface area contributed by atoms with Crippen molar-refractivity contribution in [3.63, 3.8) is 0 Å². The van der Waals surface area contributed by atoms with E-state index < -0.39 is 11.7 Å². The molecule has 0 saturated heterocycles. The lowest BCUT2D eigenvalue weighted by Crippen LogP contribution is -2.07. The number of nitrogens with zero attached hydrogens (tertiary/aromatic N) is 3. The van der Waals surface area contributed by atoms with E-state index in [0.29, 0.717) is 17.2 Å². The molecule has 0 unspecified atom stereocenters. The largest absolute Gasteiger partial charge is 0.417 e. The lowest BCUT2D eigenvalue weighted by atomic mass is 10.0. The van der Waals surface area contributed by atoms with E-state index >= 15 is 0 Å². The summed E-state index contributed by atoms with van der Waals surface area (Å²) >= 11 is 5.97. The fraction of sp³-hybridized carbons (Fsp3) is 0.222. The molecule has 0 aliphatic rings. The van der Waals surface area contributed by atoms with Crippen molar-refractivity contribution in [2.75, 3.05) is 0 Å². The number of hydrogen-bond donors (Lipinski definition) is 0. The highest BCUT2D eigenvalue weighted by Gasteiger charge is 2.32. The number of aromatic nitrogens is 2. The fourth-order valence-corrected chi connectivity index (χ4v) is 2.84. The average molecular weight is 364 g/mol. The van der Waals surface area contributed by atoms with E-state index in [0.717, 1.165) is 22.2 Å². The molecule has 2 heterocycles. The summed E-state index contributed by atoms with van der Waals surface area (Å²) in [5.74, 6) is 0.342. The van der Waals surface area contributed by atoms with Crippen LogP contribution < -0.4 is 0 Å². The highest BCUT2D eigenvalue weighted by atomic mass is 35.5. The van der Waals surface area contributed by atoms with Crippen LogP contribution >= 0.6 is 11.6 Å². The van der Waals surface area contributed by atoms with Crippen molar-refractivity contribution in [2.24, 2.45) is 0 Å². The van der Waals surface area contributed by atoms with E-state index in [1.54, 1.807) is 12.1 Å². The molecule has 0 bridgehead atoms. The van der Waals surface area contributed by atoms with Crippen LogP contribution in [0.5, 0.6) is 0 Å². The molecule has 3 rings (SSSR count). The minimum atomic E-state index is -4.56. The molecule has 2 aromatic heterocycles. The van der Waals surface area contributed by atoms with Gasteiger partial charge in [0.25, 0.3) is 0 Å². The summed E-state index contributed by atoms with van der Waals surface area (Å²) in [5.41, 5.74) is 1.27. The van der Waals surface area contributed by atoms with Gasteiger partial charge < -0.3 is 0 Å². The maximum atomic E-state index is 13.0. The number of hydrogen-bond acceptors (Lipinski definition) is 2. The smallest absolute Gasteiger partial charge is 0.289 e. The van der Waals surface area contributed by atoms with Gasteiger partial charge in [0.1, 0.15) is 11.8 Å². The first-order chi connectivity index (χ1) is 11.7. The molecule has 1 aromatic carbocycles. The van der Waals surface area contributed by atoms with E-state index in [4.69, 9.17) is 11.6 Å². The summed E-state index contributed by atoms with van der Waals surface area (Å²) in [5, 5.41) is 9.30. The van der Waals surface area contributed by atoms with E-state index in [1.807, 2.05) is 18.2 Å². The van der Waals surface area contributed by atoms with Crippen LogP contribution in [0.1, 0.15) is 36.6 Å². The number of nitriles is 1. The van der Waals surface area contributed by atoms with Crippen molar-refractivity contribution in [3.8, 4) is 17.3 Å². The molecule has 0 saturated carbocycles. The van der Waals surface area contributed by atoms with Crippen molar-refractivity contribution in [1.82, 2.24) is 9.38 Å². The van der Waals surface area contributed by atoms with Gasteiger partial charge in [-0.15, -0.1) is 0 Å². The molecule has 3 nitrogen and oxygen atoms in total. The predicted octanol–water partition coefficient (Wildman–Crippen LogP) is 5.67. The van der Waals surface area contributed by atoms with Gasteiger partial charge in [-0.05, 0) is 17.5 Å². The summed E-state index contributed by atoms with van der Waals surface area (Å²) in [4.78, 5) is 4.29. The Morgan fingerprint density at radius 1 is 1.20 bits per heavy atom. The number of pyridine rings is 1. The first kappa shape index (κ1) is 17.3. The van der Waals surface area contributed by atoms with Crippen LogP contribution in [0.25, 0.3) is 16.9 Å². The van der Waals surface area contributed by atoms with Crippen molar-refractivity contribution in [2.45, 2.75) is 25.9 Å². The Hall–Kier alpha value is -2.52. The molecule has 0 aliphatic carbocycles. The lowest BCUT2D eigenvalue weighted by Gasteiger charge is -2.08. The van der Waals surface area contributed by atoms with Gasteiger partial charge in [0, 0.05) is 11.8 Å². The quantitative estimate of drug-likeness (QED) is 0.588. The average Bonchev–Trinajstić information content (AvgIpc) is 2.93. The first-order valence-corrected chi connectivity index (χ1v) is 7.89. The summed E-state index contributed by atoms with van der Waals surface area (Å²) in [6, 6.07) is 10.2. The highest BCUT2D eigenvalue weighted by Crippen LogP contribution is 2.34. The molecule has 0 fully saturated rings. The Bertz CT molecular complexity index is 980. The van der Waals surface area contributed by atoms with Gasteiger partial charge >= 0.3 is 6.18 Å². The summed E-state index contributed by atoms with van der Waals surface area (Å²) in [6.07, 6.45) is -3.72. The third-order valence-electron chi connectivity index (χ3n) is 3.96. The number of rotatable bonds is 2. The fourth-order valence-electron chi connectivity index (χ4n) is 2.59. The minimum absolute atomic E-state index is 0.0142. The molecular formula is C18H13ClF3N3. The maximum absolute atomic E-state index is 13.0. The normalized spacial score (nSPS) is 11.9. The van der Waals surface area contributed by atoms with Crippen molar-refractivity contribution in [1.29, 1.82) is 5.26 Å². The second kappa shape index (κ2) is 6.08. The molecule has 0 amide bonds. The van der Waals surface area contributed by atoms with Gasteiger partial charge in [-0.25, -0.2) is 4.98 Å². The summed E-state index contributed by atoms with van der Waals surface area (Å²) in [7, 11) is 0. The molecule has 7 heteroatoms. The van der Waals surface area contributed by atoms with E-state index in [1.165, 1.54) is 0 Å². The molecule has 0 atom stereocenters. The third kappa shape index (κ3) is 3.08. The molecule has 0 N–H and O–H groups in total. The topological polar surface area (TPSA) is 41.1 Å². The summed E-state index contributed by atoms with van der Waals surface area (Å²) < 4.78 is 40.1. The van der Waals surface area contributed by atoms with Crippen LogP contribution in [-0.2, 0) is 6.18 Å². The van der Waals surface area contributed by atoms with Crippen LogP contribution in [0.15, 0.2) is 36.5 Å². The maximum Gasteiger partial charge on any atom is 0.417 e. The van der Waals surface area contributed by atoms with Crippen LogP contribution in [-0.4, -0.2) is 9.38 Å². The number of halogens is 4. The zero-order chi connectivity index (χ0) is 18.4. The van der Waals surface area contributed by atoms with E-state index in [-0.39, 0.29) is 16.4 Å². The second-order valence-electron chi connectivity index (χ2n) is 5.97. The summed E-state index contributed by atoms with van der Waals surface area (Å²) in [6.45, 7) is 4.11. The lowest BCUT2D eigenvalue weighted by molar-refractivity contribution is -0.137. The van der Waals surface area contributed by atoms with Crippen LogP contribution in [0, 0.1) is 11.3 Å². The van der Waals surface area contributed by atoms with E-state index in [9.17, 15) is 18.4 Å². The molecule has 0 radical (unpaired) electrons. The molecule has 0 aliphatic heterocycles. The van der Waals surface area contributed by atoms with Gasteiger partial charge in [0.05, 0.1) is 10.6 Å². The Balaban J connectivity index is 2.23. The number of fused-ring (bicyclic) bond motifs is 1. The standard InChI is InChI=1S/C18H13ClF3N3/c1-10(2)11-3-5-12(6-4-11)16-15(8-23)25-9-13(18(20,21)22)7-14(19)17(25)24-16/h3-7,9-10H,1-2H3. The molecule has 128 valence electrons. The van der Waals surface area contributed by atoms with Gasteiger partial charge in [-0.1, -0.05) is 49.7 Å². The molecular weight excluding hydrogens is 351 g/mol. The predicted molar refractivity (Wildman–Crippen MR) is 89.4 cm³/mol. The zero-order valence-corrected chi connectivity index (χ0v) is 14.2. The number of alkyl halides is 3. The van der Waals surface area contributed by atoms with Gasteiger partial charge in [0.15, 0.2) is 11.3 Å². The molecule has 0 spiro atoms. The van der Waals surface area contributed by atoms with Crippen LogP contribution in [0.3, 0.4) is 0 Å². The molecule has 25 heavy (non-hydrogen) atoms. The van der Waals surface area contributed by atoms with Gasteiger partial charge in [0.2, 0.25) is 0 Å². The number of benzene rings is 1. The Labute approximate surface area is 147 Å². The van der Waals surface area contributed by atoms with Gasteiger partial charge in [-0.3, -0.25) is 4.40 Å².